The standard InChI is InChI=1S/C18H31N5O2S.HI/c1-14(2)15-6-8-16(9-7-15)23-18(19-3)21-11-12-22-26(24,25)17-5-4-10-20-13-17;/h4-5,10,13-16,22H,6-9,11-12H2,1-3H3,(H2,19,21,23);1H. The molecule has 1 aliphatic rings. The number of guanidine groups is 1. The molecule has 0 radical (unpaired) electrons. The topological polar surface area (TPSA) is 95.5 Å². The van der Waals surface area contributed by atoms with Crippen LogP contribution < -0.4 is 15.4 Å². The van der Waals surface area contributed by atoms with E-state index in [1.807, 2.05) is 0 Å². The number of rotatable bonds is 7. The highest BCUT2D eigenvalue weighted by atomic mass is 127. The van der Waals surface area contributed by atoms with Crippen LogP contribution in [0.1, 0.15) is 39.5 Å². The van der Waals surface area contributed by atoms with Crippen molar-refractivity contribution < 1.29 is 8.42 Å². The zero-order chi connectivity index (χ0) is 19.0. The average molecular weight is 509 g/mol. The van der Waals surface area contributed by atoms with E-state index in [1.54, 1.807) is 19.3 Å². The molecule has 2 rings (SSSR count). The molecule has 0 unspecified atom stereocenters. The average Bonchev–Trinajstić information content (AvgIpc) is 2.65. The van der Waals surface area contributed by atoms with Crippen LogP contribution in [-0.4, -0.2) is 45.5 Å². The first-order valence-corrected chi connectivity index (χ1v) is 10.8. The van der Waals surface area contributed by atoms with Gasteiger partial charge >= 0.3 is 0 Å². The molecule has 9 heteroatoms. The maximum atomic E-state index is 12.1. The van der Waals surface area contributed by atoms with Gasteiger partial charge in [0.2, 0.25) is 10.0 Å². The molecule has 0 bridgehead atoms. The minimum Gasteiger partial charge on any atom is -0.355 e. The van der Waals surface area contributed by atoms with Crippen molar-refractivity contribution in [3.05, 3.63) is 24.5 Å². The molecule has 1 saturated carbocycles. The van der Waals surface area contributed by atoms with E-state index in [-0.39, 0.29) is 35.4 Å². The Morgan fingerprint density at radius 3 is 2.52 bits per heavy atom. The van der Waals surface area contributed by atoms with Gasteiger partial charge in [0.15, 0.2) is 5.96 Å². The maximum Gasteiger partial charge on any atom is 0.242 e. The Hall–Kier alpha value is -0.940. The molecule has 1 aromatic rings. The summed E-state index contributed by atoms with van der Waals surface area (Å²) in [4.78, 5) is 8.24. The van der Waals surface area contributed by atoms with Crippen molar-refractivity contribution in [1.82, 2.24) is 20.3 Å². The molecule has 0 atom stereocenters. The normalized spacial score (nSPS) is 20.8. The zero-order valence-electron chi connectivity index (χ0n) is 16.3. The highest BCUT2D eigenvalue weighted by molar-refractivity contribution is 14.0. The largest absolute Gasteiger partial charge is 0.355 e. The lowest BCUT2D eigenvalue weighted by Gasteiger charge is -2.32. The monoisotopic (exact) mass is 509 g/mol. The number of halogens is 1. The van der Waals surface area contributed by atoms with Gasteiger partial charge in [-0.2, -0.15) is 0 Å². The van der Waals surface area contributed by atoms with Crippen LogP contribution in [0.15, 0.2) is 34.4 Å². The van der Waals surface area contributed by atoms with Crippen molar-refractivity contribution in [2.75, 3.05) is 20.1 Å². The van der Waals surface area contributed by atoms with Gasteiger partial charge in [0.25, 0.3) is 0 Å². The van der Waals surface area contributed by atoms with E-state index in [1.165, 1.54) is 25.1 Å². The van der Waals surface area contributed by atoms with E-state index in [0.717, 1.165) is 30.6 Å². The predicted molar refractivity (Wildman–Crippen MR) is 120 cm³/mol. The lowest BCUT2D eigenvalue weighted by atomic mass is 9.80. The molecule has 1 aliphatic carbocycles. The summed E-state index contributed by atoms with van der Waals surface area (Å²) in [6.07, 6.45) is 7.68. The predicted octanol–water partition coefficient (Wildman–Crippen LogP) is 2.36. The van der Waals surface area contributed by atoms with Crippen LogP contribution in [0.25, 0.3) is 0 Å². The second kappa shape index (κ2) is 11.8. The van der Waals surface area contributed by atoms with Crippen molar-refractivity contribution >= 4 is 40.0 Å². The summed E-state index contributed by atoms with van der Waals surface area (Å²) < 4.78 is 26.8. The Morgan fingerprint density at radius 2 is 1.96 bits per heavy atom. The first-order chi connectivity index (χ1) is 12.4. The number of pyridine rings is 1. The molecule has 3 N–H and O–H groups in total. The number of aliphatic imine (C=N–C) groups is 1. The number of aromatic nitrogens is 1. The number of hydrogen-bond acceptors (Lipinski definition) is 4. The molecule has 0 saturated heterocycles. The van der Waals surface area contributed by atoms with Crippen molar-refractivity contribution in [2.24, 2.45) is 16.8 Å². The van der Waals surface area contributed by atoms with Gasteiger partial charge in [-0.1, -0.05) is 13.8 Å². The van der Waals surface area contributed by atoms with Crippen LogP contribution in [0.4, 0.5) is 0 Å². The quantitative estimate of drug-likeness (QED) is 0.227. The minimum absolute atomic E-state index is 0. The Labute approximate surface area is 180 Å². The Morgan fingerprint density at radius 1 is 1.26 bits per heavy atom. The van der Waals surface area contributed by atoms with E-state index in [4.69, 9.17) is 0 Å². The van der Waals surface area contributed by atoms with Gasteiger partial charge < -0.3 is 10.6 Å². The summed E-state index contributed by atoms with van der Waals surface area (Å²) in [7, 11) is -1.79. The van der Waals surface area contributed by atoms with Crippen molar-refractivity contribution in [2.45, 2.75) is 50.5 Å². The van der Waals surface area contributed by atoms with Crippen molar-refractivity contribution in [3.8, 4) is 0 Å². The molecule has 0 aliphatic heterocycles. The van der Waals surface area contributed by atoms with Crippen LogP contribution in [0.2, 0.25) is 0 Å². The Balaban J connectivity index is 0.00000364. The molecule has 0 amide bonds. The lowest BCUT2D eigenvalue weighted by Crippen LogP contribution is -2.46. The van der Waals surface area contributed by atoms with Gasteiger partial charge in [0, 0.05) is 38.6 Å². The van der Waals surface area contributed by atoms with Gasteiger partial charge in [-0.15, -0.1) is 24.0 Å². The zero-order valence-corrected chi connectivity index (χ0v) is 19.5. The third-order valence-corrected chi connectivity index (χ3v) is 6.38. The fourth-order valence-corrected chi connectivity index (χ4v) is 4.27. The summed E-state index contributed by atoms with van der Waals surface area (Å²) in [5.41, 5.74) is 0. The highest BCUT2D eigenvalue weighted by Gasteiger charge is 2.23. The second-order valence-electron chi connectivity index (χ2n) is 7.09. The van der Waals surface area contributed by atoms with Gasteiger partial charge in [0.1, 0.15) is 4.90 Å². The summed E-state index contributed by atoms with van der Waals surface area (Å²) in [6, 6.07) is 3.56. The lowest BCUT2D eigenvalue weighted by molar-refractivity contribution is 0.250. The first kappa shape index (κ1) is 24.1. The van der Waals surface area contributed by atoms with Crippen LogP contribution in [-0.2, 0) is 10.0 Å². The molecule has 0 aromatic carbocycles. The highest BCUT2D eigenvalue weighted by Crippen LogP contribution is 2.29. The van der Waals surface area contributed by atoms with Gasteiger partial charge in [0.05, 0.1) is 0 Å². The number of sulfonamides is 1. The van der Waals surface area contributed by atoms with E-state index in [0.29, 0.717) is 12.6 Å². The van der Waals surface area contributed by atoms with Crippen LogP contribution in [0.5, 0.6) is 0 Å². The SMILES string of the molecule is CN=C(NCCNS(=O)(=O)c1cccnc1)NC1CCC(C(C)C)CC1.I. The fourth-order valence-electron chi connectivity index (χ4n) is 3.27. The number of nitrogens with zero attached hydrogens (tertiary/aromatic N) is 2. The summed E-state index contributed by atoms with van der Waals surface area (Å²) in [5, 5.41) is 6.62. The van der Waals surface area contributed by atoms with E-state index in [9.17, 15) is 8.42 Å². The molecular formula is C18H32IN5O2S. The molecule has 1 aromatic heterocycles. The summed E-state index contributed by atoms with van der Waals surface area (Å²) in [6.45, 7) is 5.33. The number of hydrogen-bond donors (Lipinski definition) is 3. The van der Waals surface area contributed by atoms with Crippen LogP contribution in [0, 0.1) is 11.8 Å². The molecule has 1 fully saturated rings. The van der Waals surface area contributed by atoms with Gasteiger partial charge in [-0.3, -0.25) is 9.98 Å². The molecule has 154 valence electrons. The van der Waals surface area contributed by atoms with E-state index in [2.05, 4.69) is 39.2 Å². The third kappa shape index (κ3) is 7.90. The van der Waals surface area contributed by atoms with Crippen molar-refractivity contribution in [1.29, 1.82) is 0 Å². The van der Waals surface area contributed by atoms with Crippen LogP contribution in [0.3, 0.4) is 0 Å². The smallest absolute Gasteiger partial charge is 0.242 e. The Kier molecular flexibility index (Phi) is 10.5. The molecule has 0 spiro atoms. The van der Waals surface area contributed by atoms with Crippen molar-refractivity contribution in [3.63, 3.8) is 0 Å². The first-order valence-electron chi connectivity index (χ1n) is 9.29. The van der Waals surface area contributed by atoms with Gasteiger partial charge in [-0.05, 0) is 49.7 Å². The maximum absolute atomic E-state index is 12.1. The molecular weight excluding hydrogens is 477 g/mol. The van der Waals surface area contributed by atoms with Crippen LogP contribution >= 0.6 is 24.0 Å². The summed E-state index contributed by atoms with van der Waals surface area (Å²) in [5.74, 6) is 2.30. The molecule has 7 nitrogen and oxygen atoms in total. The Bertz CT molecular complexity index is 674. The molecule has 27 heavy (non-hydrogen) atoms. The summed E-state index contributed by atoms with van der Waals surface area (Å²) >= 11 is 0. The second-order valence-corrected chi connectivity index (χ2v) is 8.85. The number of nitrogens with one attached hydrogen (secondary N) is 3. The minimum atomic E-state index is -3.52. The fraction of sp³-hybridized carbons (Fsp3) is 0.667. The van der Waals surface area contributed by atoms with E-state index < -0.39 is 10.0 Å². The van der Waals surface area contributed by atoms with Gasteiger partial charge in [-0.25, -0.2) is 13.1 Å². The molecule has 1 heterocycles. The van der Waals surface area contributed by atoms with E-state index >= 15 is 0 Å². The third-order valence-electron chi connectivity index (χ3n) is 4.93.